The molecule has 0 aliphatic carbocycles. The van der Waals surface area contributed by atoms with E-state index in [0.29, 0.717) is 0 Å². The van der Waals surface area contributed by atoms with E-state index in [-0.39, 0.29) is 0 Å². The van der Waals surface area contributed by atoms with E-state index in [0.717, 1.165) is 65.0 Å². The van der Waals surface area contributed by atoms with Crippen molar-refractivity contribution in [1.29, 1.82) is 0 Å². The van der Waals surface area contributed by atoms with E-state index in [9.17, 15) is 0 Å². The van der Waals surface area contributed by atoms with Crippen LogP contribution in [-0.2, 0) is 0 Å². The lowest BCUT2D eigenvalue weighted by Crippen LogP contribution is -2.46. The Morgan fingerprint density at radius 3 is 0.865 bits per heavy atom. The molecule has 0 aromatic heterocycles. The van der Waals surface area contributed by atoms with E-state index >= 15 is 0 Å². The lowest BCUT2D eigenvalue weighted by Gasteiger charge is -2.47. The number of hydrogen-bond donors (Lipinski definition) is 4. The van der Waals surface area contributed by atoms with Crippen LogP contribution in [0.1, 0.15) is 25.7 Å². The van der Waals surface area contributed by atoms with E-state index in [1.807, 2.05) is 0 Å². The van der Waals surface area contributed by atoms with Gasteiger partial charge in [-0.2, -0.15) is 0 Å². The summed E-state index contributed by atoms with van der Waals surface area (Å²) in [6, 6.07) is 88.2. The smallest absolute Gasteiger partial charge is 0.256 e. The van der Waals surface area contributed by atoms with E-state index in [1.165, 1.54) is 42.4 Å². The molecule has 0 radical (unpaired) electrons. The highest BCUT2D eigenvalue weighted by Crippen LogP contribution is 2.80. The average molecular weight is 1090 g/mol. The predicted molar refractivity (Wildman–Crippen MR) is 324 cm³/mol. The SMILES string of the molecule is c1ccc(P2(c3ccccc3)=N[P+](c3ccccc3)(c3ccccc3)N=[P@]3(NCCCN3CCCCN3CCCN[P@@]34=N[P+](c3ccccc3)(c3ccccc3)N=P(c3ccccc3)(c3ccccc3)N4)N2)cc1. The molecule has 374 valence electrons. The molecule has 4 aliphatic heterocycles. The zero-order chi connectivity index (χ0) is 49.8. The van der Waals surface area contributed by atoms with Gasteiger partial charge in [0.05, 0.1) is 0 Å². The van der Waals surface area contributed by atoms with Gasteiger partial charge in [-0.1, -0.05) is 212 Å². The molecule has 2 fully saturated rings. The van der Waals surface area contributed by atoms with Gasteiger partial charge in [-0.3, -0.25) is 10.2 Å². The van der Waals surface area contributed by atoms with Crippen LogP contribution in [0.2, 0.25) is 0 Å². The quantitative estimate of drug-likeness (QED) is 0.0677. The molecule has 0 amide bonds. The fourth-order valence-corrected chi connectivity index (χ4v) is 42.0. The zero-order valence-electron chi connectivity index (χ0n) is 41.5. The number of nitrogens with one attached hydrogen (secondary N) is 4. The van der Waals surface area contributed by atoms with E-state index < -0.39 is 44.6 Å². The van der Waals surface area contributed by atoms with Gasteiger partial charge < -0.3 is 0 Å². The Labute approximate surface area is 439 Å². The predicted octanol–water partition coefficient (Wildman–Crippen LogP) is 12.0. The molecule has 4 aliphatic rings. The molecule has 0 unspecified atom stereocenters. The highest BCUT2D eigenvalue weighted by atomic mass is 31.3. The molecule has 4 heterocycles. The number of unbranched alkanes of at least 4 members (excludes halogenated alkanes) is 1. The van der Waals surface area contributed by atoms with Crippen LogP contribution < -0.4 is 62.3 Å². The first-order valence-corrected chi connectivity index (χ1v) is 36.1. The van der Waals surface area contributed by atoms with Gasteiger partial charge in [0.25, 0.3) is 0 Å². The van der Waals surface area contributed by atoms with Gasteiger partial charge in [-0.05, 0) is 74.2 Å². The average Bonchev–Trinajstić information content (AvgIpc) is 3.51. The van der Waals surface area contributed by atoms with Gasteiger partial charge in [-0.15, -0.1) is 0 Å². The first-order chi connectivity index (χ1) is 36.5. The standard InChI is InChI=1S/C58H64N10P6/c1-9-29-51(30-10-1)69(52-31-11-2-12-32-52)61-70(53-33-13-3-14-34-53,54-35-15-4-16-36-54)64-73(63-69)59-45-27-49-67(73)47-25-26-48-68-50-28-46-60-74(68)65-71(55-37-17-5-18-38-55,56-39-19-6-20-40-56)62-72(66-74,57-41-21-7-22-42-57)58-43-23-8-24-44-58/h1-24,29-44,59-60,63,65H,25-28,45-50H2/q+2/t73-,74+. The largest absolute Gasteiger partial charge is 0.316 e. The Hall–Kier alpha value is -4.70. The summed E-state index contributed by atoms with van der Waals surface area (Å²) in [5.74, 6) is 0. The maximum Gasteiger partial charge on any atom is 0.316 e. The van der Waals surface area contributed by atoms with Crippen molar-refractivity contribution >= 4 is 87.0 Å². The number of benzene rings is 8. The second-order valence-corrected chi connectivity index (χ2v) is 36.8. The highest BCUT2D eigenvalue weighted by molar-refractivity contribution is 8.02. The Kier molecular flexibility index (Phi) is 14.7. The van der Waals surface area contributed by atoms with Gasteiger partial charge in [0.2, 0.25) is 15.0 Å². The maximum absolute atomic E-state index is 6.30. The van der Waals surface area contributed by atoms with Crippen LogP contribution >= 0.6 is 44.6 Å². The summed E-state index contributed by atoms with van der Waals surface area (Å²) in [5.41, 5.74) is 0. The minimum atomic E-state index is -2.78. The molecule has 16 heteroatoms. The molecule has 2 spiro atoms. The summed E-state index contributed by atoms with van der Waals surface area (Å²) >= 11 is 0. The molecule has 2 saturated heterocycles. The van der Waals surface area contributed by atoms with Crippen LogP contribution in [0.5, 0.6) is 0 Å². The van der Waals surface area contributed by atoms with Gasteiger partial charge >= 0.3 is 15.1 Å². The van der Waals surface area contributed by atoms with Crippen molar-refractivity contribution in [2.45, 2.75) is 25.7 Å². The molecule has 8 aromatic rings. The fraction of sp³-hybridized carbons (Fsp3) is 0.172. The molecule has 8 aromatic carbocycles. The van der Waals surface area contributed by atoms with Gasteiger partial charge in [0.1, 0.15) is 35.6 Å². The minimum Gasteiger partial charge on any atom is -0.256 e. The Balaban J connectivity index is 0.958. The minimum absolute atomic E-state index is 0.889. The number of hydrogen-bond acceptors (Lipinski definition) is 10. The van der Waals surface area contributed by atoms with Gasteiger partial charge in [0, 0.05) is 60.5 Å². The third kappa shape index (κ3) is 9.31. The summed E-state index contributed by atoms with van der Waals surface area (Å²) in [7, 11) is -16.3. The summed E-state index contributed by atoms with van der Waals surface area (Å²) < 4.78 is 30.7. The fourth-order valence-electron chi connectivity index (χ4n) is 10.8. The molecular formula is C58H64N10P6+2. The van der Waals surface area contributed by atoms with Crippen LogP contribution in [-0.4, -0.2) is 48.6 Å². The lowest BCUT2D eigenvalue weighted by molar-refractivity contribution is 0.363. The van der Waals surface area contributed by atoms with Crippen LogP contribution in [0, 0.1) is 0 Å². The van der Waals surface area contributed by atoms with Crippen LogP contribution in [0.3, 0.4) is 0 Å². The molecule has 74 heavy (non-hydrogen) atoms. The molecule has 0 bridgehead atoms. The third-order valence-corrected chi connectivity index (χ3v) is 39.3. The van der Waals surface area contributed by atoms with Crippen molar-refractivity contribution in [3.05, 3.63) is 243 Å². The lowest BCUT2D eigenvalue weighted by atomic mass is 10.3. The Morgan fingerprint density at radius 2 is 0.595 bits per heavy atom. The maximum atomic E-state index is 6.30. The van der Waals surface area contributed by atoms with E-state index in [1.54, 1.807) is 0 Å². The topological polar surface area (TPSA) is 104 Å². The van der Waals surface area contributed by atoms with Gasteiger partial charge in [0.15, 0.2) is 0 Å². The molecule has 10 nitrogen and oxygen atoms in total. The van der Waals surface area contributed by atoms with Crippen molar-refractivity contribution in [3.63, 3.8) is 0 Å². The molecule has 2 atom stereocenters. The number of nitrogens with zero attached hydrogens (tertiary/aromatic N) is 6. The number of rotatable bonds is 13. The van der Waals surface area contributed by atoms with Crippen molar-refractivity contribution in [2.75, 3.05) is 39.3 Å². The second-order valence-electron chi connectivity index (χ2n) is 19.1. The summed E-state index contributed by atoms with van der Waals surface area (Å²) in [4.78, 5) is 8.93. The summed E-state index contributed by atoms with van der Waals surface area (Å²) in [6.07, 6.45) is 4.09. The van der Waals surface area contributed by atoms with E-state index in [2.05, 4.69) is 272 Å². The summed E-state index contributed by atoms with van der Waals surface area (Å²) in [6.45, 7) is 5.47. The molecular weight excluding hydrogens is 1020 g/mol. The van der Waals surface area contributed by atoms with Crippen molar-refractivity contribution < 1.29 is 0 Å². The normalized spacial score (nSPS) is 22.9. The Morgan fingerprint density at radius 1 is 0.338 bits per heavy atom. The molecule has 12 rings (SSSR count). The monoisotopic (exact) mass is 1090 g/mol. The van der Waals surface area contributed by atoms with Crippen LogP contribution in [0.25, 0.3) is 0 Å². The summed E-state index contributed by atoms with van der Waals surface area (Å²) in [5, 5.41) is 18.0. The van der Waals surface area contributed by atoms with Gasteiger partial charge in [-0.25, -0.2) is 19.1 Å². The molecule has 0 saturated carbocycles. The Bertz CT molecular complexity index is 3020. The zero-order valence-corrected chi connectivity index (χ0v) is 46.9. The van der Waals surface area contributed by atoms with Crippen molar-refractivity contribution in [2.24, 2.45) is 18.1 Å². The highest BCUT2D eigenvalue weighted by Gasteiger charge is 2.58. The van der Waals surface area contributed by atoms with Crippen LogP contribution in [0.15, 0.2) is 261 Å². The third-order valence-electron chi connectivity index (χ3n) is 14.3. The van der Waals surface area contributed by atoms with Crippen molar-refractivity contribution in [1.82, 2.24) is 29.2 Å². The van der Waals surface area contributed by atoms with E-state index in [4.69, 9.17) is 18.1 Å². The van der Waals surface area contributed by atoms with Crippen molar-refractivity contribution in [3.8, 4) is 0 Å². The first-order valence-electron chi connectivity index (χ1n) is 25.9. The second kappa shape index (κ2) is 21.7. The first kappa shape index (κ1) is 50.1. The molecule has 4 N–H and O–H groups in total. The van der Waals surface area contributed by atoms with Crippen LogP contribution in [0.4, 0.5) is 0 Å².